The van der Waals surface area contributed by atoms with Crippen LogP contribution < -0.4 is 0 Å². The molecule has 0 amide bonds. The van der Waals surface area contributed by atoms with Crippen LogP contribution in [-0.2, 0) is 0 Å². The molecule has 0 radical (unpaired) electrons. The van der Waals surface area contributed by atoms with Gasteiger partial charge in [-0.05, 0) is 17.7 Å². The lowest BCUT2D eigenvalue weighted by Gasteiger charge is -1.91. The van der Waals surface area contributed by atoms with Crippen LogP contribution in [0.25, 0.3) is 6.08 Å². The molecular weight excluding hydrogens is 146 g/mol. The van der Waals surface area contributed by atoms with E-state index in [1.165, 1.54) is 0 Å². The Labute approximate surface area is 72.3 Å². The summed E-state index contributed by atoms with van der Waals surface area (Å²) < 4.78 is 0. The van der Waals surface area contributed by atoms with Gasteiger partial charge in [0.05, 0.1) is 11.6 Å². The highest BCUT2D eigenvalue weighted by atomic mass is 14.2. The smallest absolute Gasteiger partial charge is 0.0991 e. The van der Waals surface area contributed by atoms with Gasteiger partial charge in [0, 0.05) is 0 Å². The number of benzene rings is 1. The first kappa shape index (κ1) is 8.29. The lowest BCUT2D eigenvalue weighted by molar-refractivity contribution is 1.48. The van der Waals surface area contributed by atoms with E-state index >= 15 is 0 Å². The average molecular weight is 155 g/mol. The monoisotopic (exact) mass is 155 g/mol. The van der Waals surface area contributed by atoms with Gasteiger partial charge in [0.15, 0.2) is 0 Å². The lowest BCUT2D eigenvalue weighted by Crippen LogP contribution is -1.73. The molecule has 0 saturated heterocycles. The maximum atomic E-state index is 8.52. The number of allylic oxidation sites excluding steroid dienone is 2. The Morgan fingerprint density at radius 1 is 1.25 bits per heavy atom. The first-order chi connectivity index (χ1) is 5.86. The zero-order valence-corrected chi connectivity index (χ0v) is 6.70. The fraction of sp³-hybridized carbons (Fsp3) is 0. The van der Waals surface area contributed by atoms with Crippen molar-refractivity contribution >= 4 is 6.08 Å². The molecular formula is C11H9N. The normalized spacial score (nSPS) is 9.58. The van der Waals surface area contributed by atoms with Crippen molar-refractivity contribution in [2.45, 2.75) is 0 Å². The third-order valence-electron chi connectivity index (χ3n) is 1.46. The summed E-state index contributed by atoms with van der Waals surface area (Å²) >= 11 is 0. The summed E-state index contributed by atoms with van der Waals surface area (Å²) in [6.45, 7) is 3.57. The van der Waals surface area contributed by atoms with Crippen LogP contribution in [-0.4, -0.2) is 0 Å². The van der Waals surface area contributed by atoms with Gasteiger partial charge >= 0.3 is 0 Å². The SMILES string of the molecule is C=C/C=C\c1ccc(C#N)cc1. The van der Waals surface area contributed by atoms with Crippen LogP contribution in [0.5, 0.6) is 0 Å². The van der Waals surface area contributed by atoms with Gasteiger partial charge < -0.3 is 0 Å². The fourth-order valence-electron chi connectivity index (χ4n) is 0.848. The van der Waals surface area contributed by atoms with Crippen molar-refractivity contribution in [1.82, 2.24) is 0 Å². The third kappa shape index (κ3) is 2.10. The summed E-state index contributed by atoms with van der Waals surface area (Å²) in [5.74, 6) is 0. The van der Waals surface area contributed by atoms with Crippen molar-refractivity contribution in [3.05, 3.63) is 54.1 Å². The Hall–Kier alpha value is -1.81. The minimum absolute atomic E-state index is 0.686. The Morgan fingerprint density at radius 3 is 2.42 bits per heavy atom. The molecule has 0 heterocycles. The first-order valence-electron chi connectivity index (χ1n) is 3.66. The molecule has 0 spiro atoms. The molecule has 1 aromatic rings. The Balaban J connectivity index is 2.86. The van der Waals surface area contributed by atoms with E-state index in [2.05, 4.69) is 12.6 Å². The molecule has 1 heteroatoms. The third-order valence-corrected chi connectivity index (χ3v) is 1.46. The zero-order valence-electron chi connectivity index (χ0n) is 6.70. The number of hydrogen-bond acceptors (Lipinski definition) is 1. The predicted molar refractivity (Wildman–Crippen MR) is 50.4 cm³/mol. The molecule has 0 fully saturated rings. The van der Waals surface area contributed by atoms with E-state index in [1.54, 1.807) is 18.2 Å². The Bertz CT molecular complexity index is 325. The molecule has 12 heavy (non-hydrogen) atoms. The van der Waals surface area contributed by atoms with Gasteiger partial charge in [0.1, 0.15) is 0 Å². The summed E-state index contributed by atoms with van der Waals surface area (Å²) in [6.07, 6.45) is 5.52. The maximum absolute atomic E-state index is 8.52. The van der Waals surface area contributed by atoms with E-state index < -0.39 is 0 Å². The molecule has 0 unspecified atom stereocenters. The summed E-state index contributed by atoms with van der Waals surface area (Å²) in [7, 11) is 0. The van der Waals surface area contributed by atoms with Crippen molar-refractivity contribution in [2.75, 3.05) is 0 Å². The van der Waals surface area contributed by atoms with Crippen LogP contribution in [0, 0.1) is 11.3 Å². The van der Waals surface area contributed by atoms with Crippen LogP contribution in [0.3, 0.4) is 0 Å². The van der Waals surface area contributed by atoms with Crippen LogP contribution in [0.4, 0.5) is 0 Å². The number of nitrogens with zero attached hydrogens (tertiary/aromatic N) is 1. The second-order valence-corrected chi connectivity index (χ2v) is 2.33. The average Bonchev–Trinajstić information content (AvgIpc) is 2.15. The number of nitriles is 1. The molecule has 1 rings (SSSR count). The summed E-state index contributed by atoms with van der Waals surface area (Å²) in [6, 6.07) is 9.46. The minimum Gasteiger partial charge on any atom is -0.192 e. The molecule has 58 valence electrons. The molecule has 0 aromatic heterocycles. The topological polar surface area (TPSA) is 23.8 Å². The Morgan fingerprint density at radius 2 is 1.92 bits per heavy atom. The van der Waals surface area contributed by atoms with Crippen molar-refractivity contribution < 1.29 is 0 Å². The van der Waals surface area contributed by atoms with E-state index in [4.69, 9.17) is 5.26 Å². The molecule has 0 aliphatic heterocycles. The largest absolute Gasteiger partial charge is 0.192 e. The van der Waals surface area contributed by atoms with E-state index in [0.29, 0.717) is 5.56 Å². The van der Waals surface area contributed by atoms with Crippen molar-refractivity contribution in [3.8, 4) is 6.07 Å². The Kier molecular flexibility index (Phi) is 2.87. The van der Waals surface area contributed by atoms with Crippen LogP contribution >= 0.6 is 0 Å². The van der Waals surface area contributed by atoms with E-state index in [-0.39, 0.29) is 0 Å². The van der Waals surface area contributed by atoms with Gasteiger partial charge in [-0.15, -0.1) is 0 Å². The second-order valence-electron chi connectivity index (χ2n) is 2.33. The van der Waals surface area contributed by atoms with E-state index in [0.717, 1.165) is 5.56 Å². The summed E-state index contributed by atoms with van der Waals surface area (Å²) in [5, 5.41) is 8.52. The van der Waals surface area contributed by atoms with Crippen molar-refractivity contribution in [1.29, 1.82) is 5.26 Å². The minimum atomic E-state index is 0.686. The molecule has 0 atom stereocenters. The van der Waals surface area contributed by atoms with Gasteiger partial charge in [-0.1, -0.05) is 36.9 Å². The molecule has 0 aliphatic rings. The highest BCUT2D eigenvalue weighted by Gasteiger charge is 1.87. The van der Waals surface area contributed by atoms with Gasteiger partial charge in [-0.3, -0.25) is 0 Å². The molecule has 1 aromatic carbocycles. The molecule has 0 N–H and O–H groups in total. The number of hydrogen-bond donors (Lipinski definition) is 0. The van der Waals surface area contributed by atoms with E-state index in [9.17, 15) is 0 Å². The second kappa shape index (κ2) is 4.15. The molecule has 0 bridgehead atoms. The summed E-state index contributed by atoms with van der Waals surface area (Å²) in [5.41, 5.74) is 1.76. The lowest BCUT2D eigenvalue weighted by atomic mass is 10.1. The maximum Gasteiger partial charge on any atom is 0.0991 e. The van der Waals surface area contributed by atoms with Gasteiger partial charge in [-0.2, -0.15) is 5.26 Å². The highest BCUT2D eigenvalue weighted by Crippen LogP contribution is 2.04. The van der Waals surface area contributed by atoms with Gasteiger partial charge in [0.2, 0.25) is 0 Å². The quantitative estimate of drug-likeness (QED) is 0.602. The standard InChI is InChI=1S/C11H9N/c1-2-3-4-10-5-7-11(9-12)8-6-10/h2-8H,1H2/b4-3-. The van der Waals surface area contributed by atoms with Gasteiger partial charge in [0.25, 0.3) is 0 Å². The van der Waals surface area contributed by atoms with Crippen LogP contribution in [0.1, 0.15) is 11.1 Å². The molecule has 1 nitrogen and oxygen atoms in total. The van der Waals surface area contributed by atoms with Gasteiger partial charge in [-0.25, -0.2) is 0 Å². The molecule has 0 saturated carbocycles. The summed E-state index contributed by atoms with van der Waals surface area (Å²) in [4.78, 5) is 0. The zero-order chi connectivity index (χ0) is 8.81. The van der Waals surface area contributed by atoms with Crippen molar-refractivity contribution in [2.24, 2.45) is 0 Å². The van der Waals surface area contributed by atoms with Crippen LogP contribution in [0.15, 0.2) is 43.0 Å². The highest BCUT2D eigenvalue weighted by molar-refractivity contribution is 5.52. The van der Waals surface area contributed by atoms with Crippen LogP contribution in [0.2, 0.25) is 0 Å². The van der Waals surface area contributed by atoms with E-state index in [1.807, 2.05) is 24.3 Å². The van der Waals surface area contributed by atoms with Crippen molar-refractivity contribution in [3.63, 3.8) is 0 Å². The first-order valence-corrected chi connectivity index (χ1v) is 3.66. The fourth-order valence-corrected chi connectivity index (χ4v) is 0.848. The number of rotatable bonds is 2. The predicted octanol–water partition coefficient (Wildman–Crippen LogP) is 2.76. The molecule has 0 aliphatic carbocycles.